The predicted molar refractivity (Wildman–Crippen MR) is 44.0 cm³/mol. The Hall–Kier alpha value is 1.10. The molecule has 1 saturated heterocycles. The van der Waals surface area contributed by atoms with Gasteiger partial charge in [-0.25, -0.2) is 0 Å². The Bertz CT molecular complexity index is 167. The van der Waals surface area contributed by atoms with Gasteiger partial charge in [0.2, 0.25) is 0 Å². The van der Waals surface area contributed by atoms with Crippen molar-refractivity contribution in [2.75, 3.05) is 6.16 Å². The van der Waals surface area contributed by atoms with Crippen LogP contribution in [0.4, 0.5) is 0 Å². The lowest BCUT2D eigenvalue weighted by Gasteiger charge is -2.18. The Kier molecular flexibility index (Phi) is 2.10. The van der Waals surface area contributed by atoms with Crippen molar-refractivity contribution in [3.63, 3.8) is 0 Å². The van der Waals surface area contributed by atoms with Gasteiger partial charge in [0.15, 0.2) is 4.07 Å². The van der Waals surface area contributed by atoms with Crippen LogP contribution >= 0.6 is 40.8 Å². The minimum Gasteiger partial charge on any atom is -0.300 e. The molecule has 5 heteroatoms. The van der Waals surface area contributed by atoms with Gasteiger partial charge in [-0.1, -0.05) is 34.4 Å². The van der Waals surface area contributed by atoms with Crippen LogP contribution in [-0.4, -0.2) is 10.2 Å². The normalized spacial score (nSPS) is 41.2. The molecule has 1 rings (SSSR count). The van der Waals surface area contributed by atoms with Gasteiger partial charge in [-0.05, 0) is 19.0 Å². The molecule has 0 aromatic heterocycles. The number of nitrogens with one attached hydrogen (secondary N) is 1. The average molecular weight is 206 g/mol. The van der Waals surface area contributed by atoms with E-state index in [4.69, 9.17) is 39.6 Å². The molecule has 1 N–H and O–H groups in total. The van der Waals surface area contributed by atoms with Crippen LogP contribution in [-0.2, 0) is 0 Å². The van der Waals surface area contributed by atoms with Gasteiger partial charge in [-0.3, -0.25) is 5.16 Å². The third-order valence-corrected chi connectivity index (χ3v) is 7.66. The molecule has 0 amide bonds. The minimum atomic E-state index is -2.24. The molecule has 0 spiro atoms. The summed E-state index contributed by atoms with van der Waals surface area (Å²) in [4.78, 5) is 0. The van der Waals surface area contributed by atoms with Crippen molar-refractivity contribution in [1.29, 1.82) is 5.16 Å². The summed E-state index contributed by atoms with van der Waals surface area (Å²) in [6.45, 7) is 0. The smallest absolute Gasteiger partial charge is 0.164 e. The molecule has 1 nitrogen and oxygen atoms in total. The molecule has 0 aliphatic carbocycles. The quantitative estimate of drug-likeness (QED) is 0.460. The monoisotopic (exact) mass is 205 g/mol. The zero-order chi connectivity index (χ0) is 7.12. The molecule has 0 aromatic carbocycles. The van der Waals surface area contributed by atoms with Crippen LogP contribution in [0.25, 0.3) is 0 Å². The lowest BCUT2D eigenvalue weighted by molar-refractivity contribution is 0.882. The summed E-state index contributed by atoms with van der Waals surface area (Å²) < 4.78 is -0.922. The summed E-state index contributed by atoms with van der Waals surface area (Å²) in [5.41, 5.74) is 0. The van der Waals surface area contributed by atoms with Gasteiger partial charge in [0.25, 0.3) is 0 Å². The van der Waals surface area contributed by atoms with E-state index < -0.39 is 10.5 Å². The number of alkyl halides is 2. The molecule has 0 aromatic rings. The first kappa shape index (κ1) is 8.20. The minimum absolute atomic E-state index is 0.677. The Labute approximate surface area is 69.3 Å². The van der Waals surface area contributed by atoms with Crippen molar-refractivity contribution < 1.29 is 0 Å². The lowest BCUT2D eigenvalue weighted by atomic mass is 10.4. The van der Waals surface area contributed by atoms with E-state index in [1.54, 1.807) is 0 Å². The van der Waals surface area contributed by atoms with Gasteiger partial charge in [0.05, 0.1) is 6.41 Å². The first-order valence-electron chi connectivity index (χ1n) is 2.66. The van der Waals surface area contributed by atoms with Crippen LogP contribution in [0.2, 0.25) is 0 Å². The van der Waals surface area contributed by atoms with E-state index in [-0.39, 0.29) is 0 Å². The first-order chi connectivity index (χ1) is 3.96. The van der Waals surface area contributed by atoms with E-state index in [1.807, 2.05) is 0 Å². The van der Waals surface area contributed by atoms with E-state index in [1.165, 1.54) is 0 Å². The summed E-state index contributed by atoms with van der Waals surface area (Å²) in [6, 6.07) is 0. The Morgan fingerprint density at radius 1 is 1.44 bits per heavy atom. The molecule has 1 aliphatic rings. The zero-order valence-electron chi connectivity index (χ0n) is 4.70. The van der Waals surface area contributed by atoms with Crippen LogP contribution in [0.3, 0.4) is 0 Å². The molecule has 0 bridgehead atoms. The van der Waals surface area contributed by atoms with Gasteiger partial charge in [-0.2, -0.15) is 0 Å². The van der Waals surface area contributed by atoms with Gasteiger partial charge in [0.1, 0.15) is 0 Å². The van der Waals surface area contributed by atoms with Gasteiger partial charge >= 0.3 is 0 Å². The Morgan fingerprint density at radius 2 is 2.00 bits per heavy atom. The lowest BCUT2D eigenvalue weighted by Crippen LogP contribution is -2.01. The number of rotatable bonds is 0. The van der Waals surface area contributed by atoms with E-state index in [2.05, 4.69) is 0 Å². The second kappa shape index (κ2) is 2.30. The summed E-state index contributed by atoms with van der Waals surface area (Å²) in [5, 5.41) is 7.50. The maximum atomic E-state index is 7.50. The van der Waals surface area contributed by atoms with Crippen molar-refractivity contribution in [3.05, 3.63) is 0 Å². The topological polar surface area (TPSA) is 23.9 Å². The van der Waals surface area contributed by atoms with Crippen molar-refractivity contribution in [2.45, 2.75) is 16.9 Å². The number of halogens is 3. The molecular formula is C4H7Cl3NP. The fraction of sp³-hybridized carbons (Fsp3) is 1.00. The molecule has 0 saturated carbocycles. The van der Waals surface area contributed by atoms with Gasteiger partial charge in [-0.15, -0.1) is 0 Å². The SMILES string of the molecule is N=P1(Cl)CCCC1(Cl)Cl. The number of hydrogen-bond acceptors (Lipinski definition) is 1. The zero-order valence-corrected chi connectivity index (χ0v) is 7.86. The molecule has 1 unspecified atom stereocenters. The van der Waals surface area contributed by atoms with Crippen LogP contribution < -0.4 is 0 Å². The molecule has 9 heavy (non-hydrogen) atoms. The maximum absolute atomic E-state index is 7.50. The summed E-state index contributed by atoms with van der Waals surface area (Å²) in [7, 11) is 0. The van der Waals surface area contributed by atoms with Crippen LogP contribution in [0.15, 0.2) is 0 Å². The Balaban J connectivity index is 2.88. The fourth-order valence-electron chi connectivity index (χ4n) is 0.850. The third kappa shape index (κ3) is 1.40. The van der Waals surface area contributed by atoms with Gasteiger partial charge in [0, 0.05) is 0 Å². The molecule has 1 atom stereocenters. The van der Waals surface area contributed by atoms with E-state index in [0.29, 0.717) is 12.6 Å². The first-order valence-corrected chi connectivity index (χ1v) is 6.30. The van der Waals surface area contributed by atoms with E-state index in [0.717, 1.165) is 6.42 Å². The van der Waals surface area contributed by atoms with Crippen LogP contribution in [0.1, 0.15) is 12.8 Å². The highest BCUT2D eigenvalue weighted by molar-refractivity contribution is 7.93. The maximum Gasteiger partial charge on any atom is 0.164 e. The van der Waals surface area contributed by atoms with Crippen LogP contribution in [0, 0.1) is 5.16 Å². The van der Waals surface area contributed by atoms with Gasteiger partial charge < -0.3 is 0 Å². The van der Waals surface area contributed by atoms with E-state index in [9.17, 15) is 0 Å². The highest BCUT2D eigenvalue weighted by Crippen LogP contribution is 2.73. The average Bonchev–Trinajstić information content (AvgIpc) is 1.81. The number of hydrogen-bond donors (Lipinski definition) is 1. The van der Waals surface area contributed by atoms with Crippen LogP contribution in [0.5, 0.6) is 0 Å². The van der Waals surface area contributed by atoms with Crippen molar-refractivity contribution >= 4 is 40.8 Å². The molecular weight excluding hydrogens is 199 g/mol. The summed E-state index contributed by atoms with van der Waals surface area (Å²) in [6.07, 6.45) is 0.0270. The molecule has 54 valence electrons. The molecule has 1 aliphatic heterocycles. The van der Waals surface area contributed by atoms with E-state index >= 15 is 0 Å². The highest BCUT2D eigenvalue weighted by Gasteiger charge is 2.44. The summed E-state index contributed by atoms with van der Waals surface area (Å²) in [5.74, 6) is 0. The molecule has 1 fully saturated rings. The second-order valence-electron chi connectivity index (χ2n) is 2.21. The molecule has 0 radical (unpaired) electrons. The van der Waals surface area contributed by atoms with Crippen molar-refractivity contribution in [1.82, 2.24) is 0 Å². The third-order valence-electron chi connectivity index (χ3n) is 1.46. The highest BCUT2D eigenvalue weighted by atomic mass is 35.7. The van der Waals surface area contributed by atoms with Crippen molar-refractivity contribution in [3.8, 4) is 0 Å². The second-order valence-corrected chi connectivity index (χ2v) is 8.60. The standard InChI is InChI=1S/C4H7Cl3NP/c5-4(6)2-1-3-9(4,7)8/h8H,1-3H2. The molecule has 1 heterocycles. The largest absolute Gasteiger partial charge is 0.300 e. The summed E-state index contributed by atoms with van der Waals surface area (Å²) >= 11 is 17.3. The Morgan fingerprint density at radius 3 is 2.11 bits per heavy atom. The fourth-order valence-corrected chi connectivity index (χ4v) is 3.67. The predicted octanol–water partition coefficient (Wildman–Crippen LogP) is 3.85. The van der Waals surface area contributed by atoms with Crippen molar-refractivity contribution in [2.24, 2.45) is 0 Å².